The lowest BCUT2D eigenvalue weighted by atomic mass is 9.88. The molecule has 0 aliphatic heterocycles. The van der Waals surface area contributed by atoms with Crippen LogP contribution in [0, 0.1) is 5.92 Å². The van der Waals surface area contributed by atoms with Crippen LogP contribution in [0.4, 0.5) is 0 Å². The highest BCUT2D eigenvalue weighted by molar-refractivity contribution is 4.75. The summed E-state index contributed by atoms with van der Waals surface area (Å²) in [6.45, 7) is 12.9. The van der Waals surface area contributed by atoms with Crippen LogP contribution in [-0.2, 0) is 33.2 Å². The van der Waals surface area contributed by atoms with Gasteiger partial charge in [-0.2, -0.15) is 0 Å². The van der Waals surface area contributed by atoms with Crippen molar-refractivity contribution in [2.24, 2.45) is 5.92 Å². The van der Waals surface area contributed by atoms with Crippen molar-refractivity contribution in [3.8, 4) is 0 Å². The third-order valence-corrected chi connectivity index (χ3v) is 8.00. The summed E-state index contributed by atoms with van der Waals surface area (Å²) in [6, 6.07) is 0. The van der Waals surface area contributed by atoms with Crippen molar-refractivity contribution in [2.75, 3.05) is 56.4 Å². The maximum absolute atomic E-state index is 5.61. The molecule has 0 aromatic rings. The quantitative estimate of drug-likeness (QED) is 0.0524. The molecule has 0 heterocycles. The molecule has 0 saturated carbocycles. The van der Waals surface area contributed by atoms with E-state index in [1.54, 1.807) is 49.8 Å². The molecule has 0 aliphatic rings. The molecule has 0 aromatic heterocycles. The lowest BCUT2D eigenvalue weighted by Crippen LogP contribution is -2.48. The molecule has 0 spiro atoms. The minimum absolute atomic E-state index is 0.205. The van der Waals surface area contributed by atoms with Crippen molar-refractivity contribution in [1.29, 1.82) is 0 Å². The molecule has 0 aliphatic carbocycles. The van der Waals surface area contributed by atoms with Gasteiger partial charge in [0.1, 0.15) is 6.10 Å². The monoisotopic (exact) mass is 607 g/mol. The first kappa shape index (κ1) is 45.9. The van der Waals surface area contributed by atoms with E-state index in [1.165, 1.54) is 77.0 Å². The van der Waals surface area contributed by atoms with Crippen molar-refractivity contribution in [2.45, 2.75) is 155 Å². The molecule has 2 unspecified atom stereocenters. The molecule has 0 rings (SSSR count). The van der Waals surface area contributed by atoms with E-state index >= 15 is 0 Å². The second-order valence-corrected chi connectivity index (χ2v) is 11.0. The van der Waals surface area contributed by atoms with E-state index in [0.717, 1.165) is 38.7 Å². The first-order valence-electron chi connectivity index (χ1n) is 16.6. The summed E-state index contributed by atoms with van der Waals surface area (Å²) >= 11 is 0. The van der Waals surface area contributed by atoms with Crippen molar-refractivity contribution >= 4 is 0 Å². The number of allylic oxidation sites excluding steroid dienone is 1. The summed E-state index contributed by atoms with van der Waals surface area (Å²) in [5.74, 6) is -1.10. The highest BCUT2D eigenvalue weighted by Gasteiger charge is 2.40. The summed E-state index contributed by atoms with van der Waals surface area (Å²) < 4.78 is 37.8. The van der Waals surface area contributed by atoms with Crippen LogP contribution in [0.3, 0.4) is 0 Å². The Bertz CT molecular complexity index is 513. The van der Waals surface area contributed by atoms with Crippen LogP contribution in [0.1, 0.15) is 137 Å². The zero-order chi connectivity index (χ0) is 32.5. The first-order chi connectivity index (χ1) is 20.3. The van der Waals surface area contributed by atoms with Gasteiger partial charge in [-0.25, -0.2) is 0 Å². The van der Waals surface area contributed by atoms with Gasteiger partial charge in [-0.1, -0.05) is 104 Å². The largest absolute Gasteiger partial charge is 0.385 e. The van der Waals surface area contributed by atoms with Crippen LogP contribution in [-0.4, -0.2) is 74.2 Å². The predicted molar refractivity (Wildman–Crippen MR) is 178 cm³/mol. The third kappa shape index (κ3) is 22.9. The van der Waals surface area contributed by atoms with E-state index in [2.05, 4.69) is 34.3 Å². The Morgan fingerprint density at radius 3 is 1.33 bits per heavy atom. The van der Waals surface area contributed by atoms with Gasteiger partial charge in [0.2, 0.25) is 0 Å². The van der Waals surface area contributed by atoms with Crippen LogP contribution in [0.25, 0.3) is 0 Å². The average molecular weight is 607 g/mol. The van der Waals surface area contributed by atoms with Crippen LogP contribution < -0.4 is 0 Å². The van der Waals surface area contributed by atoms with Crippen molar-refractivity contribution in [1.82, 2.24) is 0 Å². The zero-order valence-corrected chi connectivity index (χ0v) is 30.0. The fourth-order valence-corrected chi connectivity index (χ4v) is 4.92. The second-order valence-electron chi connectivity index (χ2n) is 11.0. The normalized spacial score (nSPS) is 13.0. The van der Waals surface area contributed by atoms with Gasteiger partial charge in [0.25, 0.3) is 0 Å². The molecule has 0 N–H and O–H groups in total. The van der Waals surface area contributed by atoms with Gasteiger partial charge < -0.3 is 33.2 Å². The van der Waals surface area contributed by atoms with Crippen LogP contribution >= 0.6 is 0 Å². The maximum atomic E-state index is 5.61. The lowest BCUT2D eigenvalue weighted by Gasteiger charge is -2.35. The molecule has 2 atom stereocenters. The molecule has 7 nitrogen and oxygen atoms in total. The van der Waals surface area contributed by atoms with Gasteiger partial charge >= 0.3 is 5.97 Å². The summed E-state index contributed by atoms with van der Waals surface area (Å²) in [7, 11) is 11.6. The van der Waals surface area contributed by atoms with E-state index in [9.17, 15) is 0 Å². The average Bonchev–Trinajstić information content (AvgIpc) is 3.03. The molecule has 256 valence electrons. The van der Waals surface area contributed by atoms with Crippen LogP contribution in [0.15, 0.2) is 12.7 Å². The third-order valence-electron chi connectivity index (χ3n) is 8.00. The van der Waals surface area contributed by atoms with Gasteiger partial charge in [-0.3, -0.25) is 0 Å². The van der Waals surface area contributed by atoms with Crippen LogP contribution in [0.2, 0.25) is 0 Å². The number of ether oxygens (including phenoxy) is 7. The van der Waals surface area contributed by atoms with E-state index in [4.69, 9.17) is 33.2 Å². The molecular weight excluding hydrogens is 532 g/mol. The maximum Gasteiger partial charge on any atom is 0.310 e. The Balaban J connectivity index is -0.000000644. The first-order valence-corrected chi connectivity index (χ1v) is 16.6. The number of rotatable bonds is 27. The number of unbranched alkanes of at least 4 members (excludes halogenated alkanes) is 10. The van der Waals surface area contributed by atoms with Gasteiger partial charge in [-0.15, -0.1) is 6.58 Å². The molecule has 7 heteroatoms. The van der Waals surface area contributed by atoms with Gasteiger partial charge in [0, 0.05) is 62.3 Å². The van der Waals surface area contributed by atoms with E-state index in [0.29, 0.717) is 5.92 Å². The fraction of sp³-hybridized carbons (Fsp3) is 0.943. The van der Waals surface area contributed by atoms with Crippen molar-refractivity contribution in [3.63, 3.8) is 0 Å². The van der Waals surface area contributed by atoms with E-state index in [-0.39, 0.29) is 6.10 Å². The molecular formula is C35H74O7. The Morgan fingerprint density at radius 1 is 0.571 bits per heavy atom. The van der Waals surface area contributed by atoms with Gasteiger partial charge in [-0.05, 0) is 39.0 Å². The van der Waals surface area contributed by atoms with Gasteiger partial charge in [0.15, 0.2) is 5.79 Å². The van der Waals surface area contributed by atoms with E-state index in [1.807, 2.05) is 6.08 Å². The number of hydrogen-bond donors (Lipinski definition) is 0. The minimum Gasteiger partial charge on any atom is -0.385 e. The summed E-state index contributed by atoms with van der Waals surface area (Å²) in [6.07, 6.45) is 22.5. The Hall–Kier alpha value is -0.540. The Kier molecular flexibility index (Phi) is 36.4. The van der Waals surface area contributed by atoms with E-state index < -0.39 is 11.8 Å². The fourth-order valence-electron chi connectivity index (χ4n) is 4.92. The number of methoxy groups -OCH3 is 7. The van der Waals surface area contributed by atoms with Gasteiger partial charge in [0.05, 0.1) is 0 Å². The highest BCUT2D eigenvalue weighted by Crippen LogP contribution is 2.31. The zero-order valence-electron chi connectivity index (χ0n) is 30.0. The summed E-state index contributed by atoms with van der Waals surface area (Å²) in [5.41, 5.74) is 0. The molecule has 0 fully saturated rings. The molecule has 0 amide bonds. The molecule has 0 radical (unpaired) electrons. The Morgan fingerprint density at radius 2 is 0.976 bits per heavy atom. The second kappa shape index (κ2) is 33.4. The Labute approximate surface area is 262 Å². The minimum atomic E-state index is -1.09. The molecule has 0 bridgehead atoms. The molecule has 0 saturated heterocycles. The lowest BCUT2D eigenvalue weighted by molar-refractivity contribution is -0.391. The van der Waals surface area contributed by atoms with Crippen LogP contribution in [0.5, 0.6) is 0 Å². The summed E-state index contributed by atoms with van der Waals surface area (Å²) in [5, 5.41) is 0. The number of hydrogen-bond acceptors (Lipinski definition) is 7. The smallest absolute Gasteiger partial charge is 0.310 e. The SMILES string of the molecule is C=CCC.CCCCCCCCC(CCCOC)C(C)(OC)OC.CCCCCCCCC(OC)C(OC)(OC)OC. The molecule has 0 aromatic carbocycles. The standard InChI is InChI=1S/C17H36O3.C14H30O4.C4H8/c1-6-7-8-9-10-11-13-16(14-12-15-18-3)17(2,19-4)20-5;1-6-7-8-9-10-11-12-13(15-2)14(16-3,17-4)18-5;1-3-4-2/h16H,6-15H2,1-5H3;13H,6-12H2,1-5H3;3H,1,4H2,2H3. The summed E-state index contributed by atoms with van der Waals surface area (Å²) in [4.78, 5) is 0. The predicted octanol–water partition coefficient (Wildman–Crippen LogP) is 9.72. The molecule has 42 heavy (non-hydrogen) atoms. The highest BCUT2D eigenvalue weighted by atomic mass is 16.9. The van der Waals surface area contributed by atoms with Crippen molar-refractivity contribution in [3.05, 3.63) is 12.7 Å². The topological polar surface area (TPSA) is 64.6 Å². The van der Waals surface area contributed by atoms with Crippen molar-refractivity contribution < 1.29 is 33.2 Å².